The van der Waals surface area contributed by atoms with Gasteiger partial charge in [0.1, 0.15) is 5.75 Å². The summed E-state index contributed by atoms with van der Waals surface area (Å²) < 4.78 is 5.32. The van der Waals surface area contributed by atoms with Crippen LogP contribution in [-0.4, -0.2) is 5.97 Å². The monoisotopic (exact) mass is 226 g/mol. The first-order valence-corrected chi connectivity index (χ1v) is 5.51. The summed E-state index contributed by atoms with van der Waals surface area (Å²) >= 11 is 0. The van der Waals surface area contributed by atoms with Crippen molar-refractivity contribution < 1.29 is 9.53 Å². The van der Waals surface area contributed by atoms with Gasteiger partial charge in [-0.2, -0.15) is 0 Å². The van der Waals surface area contributed by atoms with Crippen molar-refractivity contribution in [3.05, 3.63) is 65.2 Å². The average Bonchev–Trinajstić information content (AvgIpc) is 2.28. The Morgan fingerprint density at radius 3 is 2.12 bits per heavy atom. The lowest BCUT2D eigenvalue weighted by atomic mass is 10.1. The van der Waals surface area contributed by atoms with E-state index in [2.05, 4.69) is 0 Å². The molecule has 2 nitrogen and oxygen atoms in total. The molecular weight excluding hydrogens is 212 g/mol. The Morgan fingerprint density at radius 1 is 0.941 bits per heavy atom. The molecule has 17 heavy (non-hydrogen) atoms. The highest BCUT2D eigenvalue weighted by Gasteiger charge is 2.07. The highest BCUT2D eigenvalue weighted by Crippen LogP contribution is 2.17. The Balaban J connectivity index is 2.19. The average molecular weight is 226 g/mol. The number of rotatable bonds is 2. The van der Waals surface area contributed by atoms with E-state index >= 15 is 0 Å². The maximum Gasteiger partial charge on any atom is 0.343 e. The van der Waals surface area contributed by atoms with Crippen molar-refractivity contribution in [1.29, 1.82) is 0 Å². The van der Waals surface area contributed by atoms with E-state index in [1.165, 1.54) is 0 Å². The molecule has 0 aliphatic heterocycles. The van der Waals surface area contributed by atoms with Gasteiger partial charge in [0.25, 0.3) is 0 Å². The highest BCUT2D eigenvalue weighted by molar-refractivity contribution is 5.90. The van der Waals surface area contributed by atoms with Gasteiger partial charge in [-0.25, -0.2) is 4.79 Å². The molecule has 0 radical (unpaired) electrons. The molecule has 0 fully saturated rings. The van der Waals surface area contributed by atoms with Crippen LogP contribution in [0.1, 0.15) is 21.5 Å². The largest absolute Gasteiger partial charge is 0.423 e. The first kappa shape index (κ1) is 11.4. The number of aryl methyl sites for hydroxylation is 2. The minimum absolute atomic E-state index is 0.324. The Hall–Kier alpha value is -2.09. The van der Waals surface area contributed by atoms with Crippen molar-refractivity contribution in [2.45, 2.75) is 13.8 Å². The number of benzene rings is 2. The zero-order chi connectivity index (χ0) is 12.3. The summed E-state index contributed by atoms with van der Waals surface area (Å²) in [5.74, 6) is 0.270. The van der Waals surface area contributed by atoms with Gasteiger partial charge in [-0.3, -0.25) is 0 Å². The second-order valence-electron chi connectivity index (χ2n) is 4.08. The molecule has 0 saturated carbocycles. The lowest BCUT2D eigenvalue weighted by Gasteiger charge is -2.06. The van der Waals surface area contributed by atoms with Crippen LogP contribution in [0.3, 0.4) is 0 Å². The maximum atomic E-state index is 11.8. The Morgan fingerprint density at radius 2 is 1.53 bits per heavy atom. The van der Waals surface area contributed by atoms with Gasteiger partial charge in [0.05, 0.1) is 5.56 Å². The normalized spacial score (nSPS) is 10.0. The van der Waals surface area contributed by atoms with E-state index < -0.39 is 0 Å². The van der Waals surface area contributed by atoms with Crippen LogP contribution in [0.5, 0.6) is 5.75 Å². The van der Waals surface area contributed by atoms with Crippen molar-refractivity contribution in [3.8, 4) is 5.75 Å². The van der Waals surface area contributed by atoms with Crippen molar-refractivity contribution >= 4 is 5.97 Å². The van der Waals surface area contributed by atoms with Gasteiger partial charge in [0.2, 0.25) is 0 Å². The molecule has 2 aromatic rings. The van der Waals surface area contributed by atoms with E-state index in [0.29, 0.717) is 11.3 Å². The van der Waals surface area contributed by atoms with Gasteiger partial charge in [0, 0.05) is 0 Å². The Kier molecular flexibility index (Phi) is 3.24. The molecule has 86 valence electrons. The highest BCUT2D eigenvalue weighted by atomic mass is 16.5. The number of esters is 1. The number of hydrogen-bond donors (Lipinski definition) is 0. The molecule has 0 heterocycles. The summed E-state index contributed by atoms with van der Waals surface area (Å²) in [6, 6.07) is 14.7. The zero-order valence-corrected chi connectivity index (χ0v) is 9.94. The third kappa shape index (κ3) is 2.94. The molecule has 0 aromatic heterocycles. The van der Waals surface area contributed by atoms with Gasteiger partial charge in [-0.1, -0.05) is 24.3 Å². The predicted molar refractivity (Wildman–Crippen MR) is 67.3 cm³/mol. The van der Waals surface area contributed by atoms with Crippen LogP contribution >= 0.6 is 0 Å². The van der Waals surface area contributed by atoms with Crippen LogP contribution in [0.4, 0.5) is 0 Å². The van der Waals surface area contributed by atoms with Crippen molar-refractivity contribution in [3.63, 3.8) is 0 Å². The van der Waals surface area contributed by atoms with E-state index in [9.17, 15) is 4.79 Å². The van der Waals surface area contributed by atoms with Gasteiger partial charge < -0.3 is 4.74 Å². The molecule has 2 aromatic carbocycles. The quantitative estimate of drug-likeness (QED) is 0.578. The fourth-order valence-corrected chi connectivity index (χ4v) is 1.73. The van der Waals surface area contributed by atoms with Gasteiger partial charge >= 0.3 is 5.97 Å². The molecule has 0 bridgehead atoms. The lowest BCUT2D eigenvalue weighted by Crippen LogP contribution is -2.08. The predicted octanol–water partition coefficient (Wildman–Crippen LogP) is 3.52. The third-order valence-electron chi connectivity index (χ3n) is 2.42. The van der Waals surface area contributed by atoms with E-state index in [1.807, 2.05) is 50.2 Å². The summed E-state index contributed by atoms with van der Waals surface area (Å²) in [7, 11) is 0. The lowest BCUT2D eigenvalue weighted by molar-refractivity contribution is 0.0734. The van der Waals surface area contributed by atoms with Crippen molar-refractivity contribution in [2.75, 3.05) is 0 Å². The second kappa shape index (κ2) is 4.83. The smallest absolute Gasteiger partial charge is 0.343 e. The molecule has 0 unspecified atom stereocenters. The summed E-state index contributed by atoms with van der Waals surface area (Å²) in [6.45, 7) is 3.96. The number of carbonyl (C=O) groups excluding carboxylic acids is 1. The molecule has 2 heteroatoms. The van der Waals surface area contributed by atoms with E-state index in [1.54, 1.807) is 12.1 Å². The molecule has 0 atom stereocenters. The summed E-state index contributed by atoms with van der Waals surface area (Å²) in [4.78, 5) is 11.8. The molecule has 0 aliphatic carbocycles. The van der Waals surface area contributed by atoms with Gasteiger partial charge in [0.15, 0.2) is 0 Å². The second-order valence-corrected chi connectivity index (χ2v) is 4.08. The molecule has 0 spiro atoms. The molecule has 0 saturated heterocycles. The van der Waals surface area contributed by atoms with Crippen molar-refractivity contribution in [1.82, 2.24) is 0 Å². The van der Waals surface area contributed by atoms with Crippen molar-refractivity contribution in [2.24, 2.45) is 0 Å². The zero-order valence-electron chi connectivity index (χ0n) is 9.94. The van der Waals surface area contributed by atoms with E-state index in [4.69, 9.17) is 4.74 Å². The number of hydrogen-bond acceptors (Lipinski definition) is 2. The third-order valence-corrected chi connectivity index (χ3v) is 2.42. The summed E-state index contributed by atoms with van der Waals surface area (Å²) in [5, 5.41) is 0. The molecule has 0 N–H and O–H groups in total. The first-order valence-electron chi connectivity index (χ1n) is 5.51. The number of carbonyl (C=O) groups is 1. The minimum Gasteiger partial charge on any atom is -0.423 e. The number of ether oxygens (including phenoxy) is 1. The van der Waals surface area contributed by atoms with Crippen LogP contribution in [0.15, 0.2) is 48.5 Å². The Labute approximate surface area is 101 Å². The van der Waals surface area contributed by atoms with Gasteiger partial charge in [-0.05, 0) is 49.2 Å². The maximum absolute atomic E-state index is 11.8. The van der Waals surface area contributed by atoms with Gasteiger partial charge in [-0.15, -0.1) is 0 Å². The molecular formula is C15H14O2. The standard InChI is InChI=1S/C15H14O2/c1-11-8-12(2)10-14(9-11)17-15(16)13-6-4-3-5-7-13/h3-10H,1-2H3. The van der Waals surface area contributed by atoms with E-state index in [-0.39, 0.29) is 5.97 Å². The topological polar surface area (TPSA) is 26.3 Å². The summed E-state index contributed by atoms with van der Waals surface area (Å²) in [6.07, 6.45) is 0. The summed E-state index contributed by atoms with van der Waals surface area (Å²) in [5.41, 5.74) is 2.73. The van der Waals surface area contributed by atoms with Crippen LogP contribution in [0.2, 0.25) is 0 Å². The van der Waals surface area contributed by atoms with E-state index in [0.717, 1.165) is 11.1 Å². The fraction of sp³-hybridized carbons (Fsp3) is 0.133. The Bertz CT molecular complexity index is 510. The van der Waals surface area contributed by atoms with Crippen LogP contribution in [0.25, 0.3) is 0 Å². The van der Waals surface area contributed by atoms with Crippen LogP contribution in [0, 0.1) is 13.8 Å². The SMILES string of the molecule is Cc1cc(C)cc(OC(=O)c2ccccc2)c1. The molecule has 2 rings (SSSR count). The first-order chi connectivity index (χ1) is 8.15. The van der Waals surface area contributed by atoms with Crippen LogP contribution < -0.4 is 4.74 Å². The van der Waals surface area contributed by atoms with Crippen LogP contribution in [-0.2, 0) is 0 Å². The molecule has 0 amide bonds. The molecule has 0 aliphatic rings. The minimum atomic E-state index is -0.324. The fourth-order valence-electron chi connectivity index (χ4n) is 1.73.